The molecule has 64 heavy (non-hydrogen) atoms. The van der Waals surface area contributed by atoms with Crippen molar-refractivity contribution in [3.05, 3.63) is 253 Å². The van der Waals surface area contributed by atoms with Gasteiger partial charge in [0, 0.05) is 49.0 Å². The van der Waals surface area contributed by atoms with E-state index in [0.717, 1.165) is 17.1 Å². The molecule has 1 spiro atoms. The van der Waals surface area contributed by atoms with Crippen molar-refractivity contribution >= 4 is 70.4 Å². The summed E-state index contributed by atoms with van der Waals surface area (Å²) in [5.41, 5.74) is 19.6. The topological polar surface area (TPSA) is 8.17 Å². The van der Waals surface area contributed by atoms with Gasteiger partial charge in [0.25, 0.3) is 0 Å². The average Bonchev–Trinajstić information content (AvgIpc) is 4.09. The zero-order valence-electron chi connectivity index (χ0n) is 34.7. The summed E-state index contributed by atoms with van der Waals surface area (Å²) in [6, 6.07) is 85.6. The quantitative estimate of drug-likeness (QED) is 0.168. The third kappa shape index (κ3) is 4.85. The normalized spacial score (nSPS) is 13.1. The molecule has 0 N–H and O–H groups in total. The first kappa shape index (κ1) is 35.6. The molecule has 2 heterocycles. The molecule has 298 valence electrons. The summed E-state index contributed by atoms with van der Waals surface area (Å²) < 4.78 is 5.04. The van der Waals surface area contributed by atoms with Crippen LogP contribution in [0.2, 0.25) is 0 Å². The SMILES string of the molecule is c1ccc(-c2ccc(N(c3ccc4c(c3)C3(c5ccccc5-c5ccccc53)c3ccccc3-4)c3ccc4sc5c(ccc6c7ccccc7n(-c7ccccc7)c65)c4c3)cc2)cc1. The van der Waals surface area contributed by atoms with Crippen molar-refractivity contribution in [1.82, 2.24) is 4.57 Å². The van der Waals surface area contributed by atoms with E-state index in [4.69, 9.17) is 0 Å². The summed E-state index contributed by atoms with van der Waals surface area (Å²) in [4.78, 5) is 2.47. The molecule has 0 radical (unpaired) electrons. The average molecular weight is 831 g/mol. The van der Waals surface area contributed by atoms with Crippen LogP contribution < -0.4 is 4.90 Å². The highest BCUT2D eigenvalue weighted by atomic mass is 32.1. The van der Waals surface area contributed by atoms with Gasteiger partial charge in [-0.05, 0) is 116 Å². The van der Waals surface area contributed by atoms with Crippen LogP contribution >= 0.6 is 11.3 Å². The van der Waals surface area contributed by atoms with Gasteiger partial charge in [0.15, 0.2) is 0 Å². The third-order valence-corrected chi connectivity index (χ3v) is 15.2. The van der Waals surface area contributed by atoms with Crippen LogP contribution in [0.5, 0.6) is 0 Å². The fourth-order valence-corrected chi connectivity index (χ4v) is 12.6. The second-order valence-electron chi connectivity index (χ2n) is 17.2. The largest absolute Gasteiger partial charge is 0.310 e. The summed E-state index contributed by atoms with van der Waals surface area (Å²) in [6.45, 7) is 0. The van der Waals surface area contributed by atoms with E-state index in [-0.39, 0.29) is 0 Å². The number of thiophene rings is 1. The Bertz CT molecular complexity index is 3780. The Hall–Kier alpha value is -7.98. The van der Waals surface area contributed by atoms with E-state index in [1.807, 2.05) is 11.3 Å². The lowest BCUT2D eigenvalue weighted by molar-refractivity contribution is 0.793. The molecule has 10 aromatic carbocycles. The number of anilines is 3. The molecule has 0 saturated carbocycles. The van der Waals surface area contributed by atoms with Crippen molar-refractivity contribution < 1.29 is 0 Å². The molecule has 12 aromatic rings. The van der Waals surface area contributed by atoms with Gasteiger partial charge in [0.05, 0.1) is 21.1 Å². The van der Waals surface area contributed by atoms with E-state index < -0.39 is 5.41 Å². The number of aromatic nitrogens is 1. The summed E-state index contributed by atoms with van der Waals surface area (Å²) in [6.07, 6.45) is 0. The molecule has 2 aliphatic rings. The zero-order chi connectivity index (χ0) is 41.9. The summed E-state index contributed by atoms with van der Waals surface area (Å²) in [5, 5.41) is 5.09. The number of hydrogen-bond acceptors (Lipinski definition) is 2. The predicted octanol–water partition coefficient (Wildman–Crippen LogP) is 16.6. The molecule has 0 atom stereocenters. The van der Waals surface area contributed by atoms with E-state index in [1.165, 1.54) is 103 Å². The van der Waals surface area contributed by atoms with E-state index in [1.54, 1.807) is 0 Å². The second-order valence-corrected chi connectivity index (χ2v) is 18.2. The molecule has 3 heteroatoms. The molecule has 0 amide bonds. The van der Waals surface area contributed by atoms with Crippen LogP contribution in [0.25, 0.3) is 81.0 Å². The highest BCUT2D eigenvalue weighted by molar-refractivity contribution is 7.26. The van der Waals surface area contributed by atoms with E-state index in [9.17, 15) is 0 Å². The maximum atomic E-state index is 2.50. The monoisotopic (exact) mass is 830 g/mol. The van der Waals surface area contributed by atoms with Gasteiger partial charge in [0.2, 0.25) is 0 Å². The minimum absolute atomic E-state index is 0.436. The van der Waals surface area contributed by atoms with E-state index in [0.29, 0.717) is 0 Å². The van der Waals surface area contributed by atoms with Gasteiger partial charge < -0.3 is 9.47 Å². The van der Waals surface area contributed by atoms with Crippen LogP contribution in [0.15, 0.2) is 231 Å². The standard InChI is InChI=1S/C61H38N2S/c1-3-15-39(16-4-1)40-27-29-42(30-28-40)62(44-31-33-48-47-21-9-13-25-55(47)61(56(48)38-44)53-23-11-7-19-45(53)46-20-8-12-24-54(46)61)43-32-36-58-52(37-43)51-35-34-50-49-22-10-14-26-57(49)63(59(50)60(51)64-58)41-17-5-2-6-18-41/h1-38H. The van der Waals surface area contributed by atoms with Crippen molar-refractivity contribution in [2.24, 2.45) is 0 Å². The van der Waals surface area contributed by atoms with Gasteiger partial charge in [-0.15, -0.1) is 11.3 Å². The van der Waals surface area contributed by atoms with Gasteiger partial charge in [-0.3, -0.25) is 0 Å². The van der Waals surface area contributed by atoms with Gasteiger partial charge in [-0.1, -0.05) is 170 Å². The number of rotatable bonds is 5. The summed E-state index contributed by atoms with van der Waals surface area (Å²) in [7, 11) is 0. The smallest absolute Gasteiger partial charge is 0.0726 e. The minimum Gasteiger partial charge on any atom is -0.310 e. The van der Waals surface area contributed by atoms with Crippen LogP contribution in [0.1, 0.15) is 22.3 Å². The molecule has 0 aliphatic heterocycles. The highest BCUT2D eigenvalue weighted by Gasteiger charge is 2.51. The van der Waals surface area contributed by atoms with Gasteiger partial charge in [-0.25, -0.2) is 0 Å². The van der Waals surface area contributed by atoms with Gasteiger partial charge in [-0.2, -0.15) is 0 Å². The number of benzene rings is 10. The first-order chi connectivity index (χ1) is 31.8. The van der Waals surface area contributed by atoms with Gasteiger partial charge in [0.1, 0.15) is 0 Å². The fourth-order valence-electron chi connectivity index (χ4n) is 11.4. The third-order valence-electron chi connectivity index (χ3n) is 14.0. The van der Waals surface area contributed by atoms with Crippen molar-refractivity contribution in [2.75, 3.05) is 4.90 Å². The van der Waals surface area contributed by atoms with Crippen molar-refractivity contribution in [2.45, 2.75) is 5.41 Å². The molecule has 0 bridgehead atoms. The maximum Gasteiger partial charge on any atom is 0.0726 e. The Labute approximate surface area is 375 Å². The van der Waals surface area contributed by atoms with Crippen LogP contribution in [-0.2, 0) is 5.41 Å². The molecular formula is C61H38N2S. The van der Waals surface area contributed by atoms with Crippen molar-refractivity contribution in [3.8, 4) is 39.1 Å². The highest BCUT2D eigenvalue weighted by Crippen LogP contribution is 2.63. The van der Waals surface area contributed by atoms with Crippen LogP contribution in [-0.4, -0.2) is 4.57 Å². The number of nitrogens with zero attached hydrogens (tertiary/aromatic N) is 2. The van der Waals surface area contributed by atoms with E-state index in [2.05, 4.69) is 240 Å². The second kappa shape index (κ2) is 13.5. The van der Waals surface area contributed by atoms with Crippen LogP contribution in [0.3, 0.4) is 0 Å². The molecular weight excluding hydrogens is 793 g/mol. The first-order valence-electron chi connectivity index (χ1n) is 22.1. The number of hydrogen-bond donors (Lipinski definition) is 0. The molecule has 14 rings (SSSR count). The van der Waals surface area contributed by atoms with Crippen LogP contribution in [0.4, 0.5) is 17.1 Å². The molecule has 0 unspecified atom stereocenters. The lowest BCUT2D eigenvalue weighted by atomic mass is 9.70. The minimum atomic E-state index is -0.436. The van der Waals surface area contributed by atoms with Crippen molar-refractivity contribution in [1.29, 1.82) is 0 Å². The Morgan fingerprint density at radius 2 is 0.891 bits per heavy atom. The maximum absolute atomic E-state index is 2.50. The molecule has 0 fully saturated rings. The zero-order valence-corrected chi connectivity index (χ0v) is 35.6. The molecule has 0 saturated heterocycles. The Kier molecular flexibility index (Phi) is 7.51. The molecule has 2 aromatic heterocycles. The first-order valence-corrected chi connectivity index (χ1v) is 22.9. The fraction of sp³-hybridized carbons (Fsp3) is 0.0164. The summed E-state index contributed by atoms with van der Waals surface area (Å²) in [5.74, 6) is 0. The van der Waals surface area contributed by atoms with Crippen LogP contribution in [0, 0.1) is 0 Å². The Morgan fingerprint density at radius 1 is 0.359 bits per heavy atom. The lowest BCUT2D eigenvalue weighted by Gasteiger charge is -2.32. The Morgan fingerprint density at radius 3 is 1.59 bits per heavy atom. The number of para-hydroxylation sites is 2. The Balaban J connectivity index is 1.01. The summed E-state index contributed by atoms with van der Waals surface area (Å²) >= 11 is 1.90. The predicted molar refractivity (Wildman–Crippen MR) is 270 cm³/mol. The van der Waals surface area contributed by atoms with E-state index >= 15 is 0 Å². The molecule has 2 aliphatic carbocycles. The number of fused-ring (bicyclic) bond motifs is 17. The van der Waals surface area contributed by atoms with Crippen molar-refractivity contribution in [3.63, 3.8) is 0 Å². The lowest BCUT2D eigenvalue weighted by Crippen LogP contribution is -2.26. The van der Waals surface area contributed by atoms with Gasteiger partial charge >= 0.3 is 0 Å². The molecule has 2 nitrogen and oxygen atoms in total.